The number of hydrogen-bond donors (Lipinski definition) is 2. The summed E-state index contributed by atoms with van der Waals surface area (Å²) in [5.74, 6) is -0.513. The van der Waals surface area contributed by atoms with Crippen LogP contribution in [0.5, 0.6) is 0 Å². The molecular formula is C14H12ClFN2OS. The van der Waals surface area contributed by atoms with Crippen molar-refractivity contribution in [1.29, 1.82) is 0 Å². The summed E-state index contributed by atoms with van der Waals surface area (Å²) in [4.78, 5) is 12.6. The molecule has 0 radical (unpaired) electrons. The zero-order chi connectivity index (χ0) is 14.5. The molecule has 3 nitrogen and oxygen atoms in total. The van der Waals surface area contributed by atoms with Crippen molar-refractivity contribution in [2.24, 2.45) is 0 Å². The maximum atomic E-state index is 13.0. The fraction of sp³-hybridized carbons (Fsp3) is 0.0714. The van der Waals surface area contributed by atoms with E-state index < -0.39 is 5.82 Å². The van der Waals surface area contributed by atoms with Gasteiger partial charge in [-0.25, -0.2) is 4.39 Å². The highest BCUT2D eigenvalue weighted by molar-refractivity contribution is 8.00. The second-order valence-corrected chi connectivity index (χ2v) is 5.43. The van der Waals surface area contributed by atoms with Crippen molar-refractivity contribution in [1.82, 2.24) is 0 Å². The number of rotatable bonds is 4. The maximum absolute atomic E-state index is 13.0. The Labute approximate surface area is 125 Å². The number of para-hydroxylation sites is 1. The van der Waals surface area contributed by atoms with E-state index in [1.807, 2.05) is 18.2 Å². The number of benzene rings is 2. The summed E-state index contributed by atoms with van der Waals surface area (Å²) in [5, 5.41) is 2.62. The molecule has 0 unspecified atom stereocenters. The van der Waals surface area contributed by atoms with Crippen LogP contribution in [0.1, 0.15) is 0 Å². The number of carbonyl (C=O) groups excluding carboxylic acids is 1. The van der Waals surface area contributed by atoms with Crippen LogP contribution in [0.3, 0.4) is 0 Å². The van der Waals surface area contributed by atoms with Gasteiger partial charge >= 0.3 is 0 Å². The molecule has 3 N–H and O–H groups in total. The van der Waals surface area contributed by atoms with Gasteiger partial charge in [-0.1, -0.05) is 23.7 Å². The van der Waals surface area contributed by atoms with Gasteiger partial charge in [0.25, 0.3) is 0 Å². The molecule has 6 heteroatoms. The van der Waals surface area contributed by atoms with Crippen molar-refractivity contribution in [2.75, 3.05) is 16.8 Å². The topological polar surface area (TPSA) is 55.1 Å². The van der Waals surface area contributed by atoms with Gasteiger partial charge in [-0.3, -0.25) is 4.79 Å². The molecule has 104 valence electrons. The summed E-state index contributed by atoms with van der Waals surface area (Å²) in [6, 6.07) is 11.4. The van der Waals surface area contributed by atoms with Crippen molar-refractivity contribution in [3.8, 4) is 0 Å². The fourth-order valence-electron chi connectivity index (χ4n) is 1.53. The molecule has 20 heavy (non-hydrogen) atoms. The Bertz CT molecular complexity index is 636. The molecular weight excluding hydrogens is 299 g/mol. The first-order chi connectivity index (χ1) is 9.56. The molecule has 0 aromatic heterocycles. The van der Waals surface area contributed by atoms with Gasteiger partial charge in [0.05, 0.1) is 10.8 Å². The summed E-state index contributed by atoms with van der Waals surface area (Å²) in [6.45, 7) is 0. The quantitative estimate of drug-likeness (QED) is 0.667. The average molecular weight is 311 g/mol. The molecule has 2 aromatic carbocycles. The number of thioether (sulfide) groups is 1. The highest BCUT2D eigenvalue weighted by Gasteiger charge is 2.07. The lowest BCUT2D eigenvalue weighted by molar-refractivity contribution is -0.113. The predicted octanol–water partition coefficient (Wildman–Crippen LogP) is 3.79. The minimum absolute atomic E-state index is 0.0252. The summed E-state index contributed by atoms with van der Waals surface area (Å²) in [6.07, 6.45) is 0. The monoisotopic (exact) mass is 310 g/mol. The molecule has 0 spiro atoms. The molecule has 0 saturated heterocycles. The van der Waals surface area contributed by atoms with E-state index in [4.69, 9.17) is 17.3 Å². The lowest BCUT2D eigenvalue weighted by Crippen LogP contribution is -2.14. The van der Waals surface area contributed by atoms with Gasteiger partial charge in [0.15, 0.2) is 0 Å². The zero-order valence-corrected chi connectivity index (χ0v) is 12.0. The summed E-state index contributed by atoms with van der Waals surface area (Å²) >= 11 is 6.98. The van der Waals surface area contributed by atoms with Gasteiger partial charge in [0.1, 0.15) is 5.82 Å². The molecule has 0 aliphatic heterocycles. The van der Waals surface area contributed by atoms with Crippen LogP contribution in [0.15, 0.2) is 47.4 Å². The van der Waals surface area contributed by atoms with E-state index in [2.05, 4.69) is 5.32 Å². The Hall–Kier alpha value is -1.72. The highest BCUT2D eigenvalue weighted by Crippen LogP contribution is 2.25. The first-order valence-corrected chi connectivity index (χ1v) is 7.15. The SMILES string of the molecule is Nc1ccccc1SCC(=O)Nc1ccc(F)c(Cl)c1. The van der Waals surface area contributed by atoms with Crippen LogP contribution in [0.4, 0.5) is 15.8 Å². The summed E-state index contributed by atoms with van der Waals surface area (Å²) in [5.41, 5.74) is 6.88. The van der Waals surface area contributed by atoms with E-state index in [9.17, 15) is 9.18 Å². The second kappa shape index (κ2) is 6.63. The Morgan fingerprint density at radius 1 is 1.30 bits per heavy atom. The summed E-state index contributed by atoms with van der Waals surface area (Å²) in [7, 11) is 0. The Morgan fingerprint density at radius 3 is 2.75 bits per heavy atom. The number of anilines is 2. The van der Waals surface area contributed by atoms with E-state index >= 15 is 0 Å². The Balaban J connectivity index is 1.93. The third-order valence-corrected chi connectivity index (χ3v) is 3.86. The smallest absolute Gasteiger partial charge is 0.234 e. The lowest BCUT2D eigenvalue weighted by Gasteiger charge is -2.07. The van der Waals surface area contributed by atoms with Gasteiger partial charge in [-0.05, 0) is 30.3 Å². The predicted molar refractivity (Wildman–Crippen MR) is 81.6 cm³/mol. The van der Waals surface area contributed by atoms with Crippen LogP contribution in [0.25, 0.3) is 0 Å². The molecule has 0 fully saturated rings. The molecule has 1 amide bonds. The fourth-order valence-corrected chi connectivity index (χ4v) is 2.48. The van der Waals surface area contributed by atoms with Crippen molar-refractivity contribution >= 4 is 40.6 Å². The average Bonchev–Trinajstić information content (AvgIpc) is 2.42. The number of halogens is 2. The van der Waals surface area contributed by atoms with Crippen molar-refractivity contribution in [3.05, 3.63) is 53.3 Å². The zero-order valence-electron chi connectivity index (χ0n) is 10.4. The lowest BCUT2D eigenvalue weighted by atomic mass is 10.3. The molecule has 0 bridgehead atoms. The molecule has 0 atom stereocenters. The molecule has 2 rings (SSSR count). The van der Waals surface area contributed by atoms with Gasteiger partial charge in [-0.2, -0.15) is 0 Å². The maximum Gasteiger partial charge on any atom is 0.234 e. The van der Waals surface area contributed by atoms with E-state index in [0.717, 1.165) is 4.90 Å². The highest BCUT2D eigenvalue weighted by atomic mass is 35.5. The second-order valence-electron chi connectivity index (χ2n) is 4.00. The van der Waals surface area contributed by atoms with Crippen LogP contribution in [0.2, 0.25) is 5.02 Å². The molecule has 0 aliphatic rings. The molecule has 0 aliphatic carbocycles. The number of nitrogens with two attached hydrogens (primary N) is 1. The normalized spacial score (nSPS) is 10.3. The third kappa shape index (κ3) is 3.88. The van der Waals surface area contributed by atoms with Crippen LogP contribution in [0, 0.1) is 5.82 Å². The first-order valence-electron chi connectivity index (χ1n) is 5.78. The van der Waals surface area contributed by atoms with Crippen molar-refractivity contribution in [2.45, 2.75) is 4.90 Å². The van der Waals surface area contributed by atoms with E-state index in [1.165, 1.54) is 30.0 Å². The van der Waals surface area contributed by atoms with E-state index in [0.29, 0.717) is 11.4 Å². The molecule has 2 aromatic rings. The largest absolute Gasteiger partial charge is 0.398 e. The van der Waals surface area contributed by atoms with Gasteiger partial charge in [0.2, 0.25) is 5.91 Å². The number of amides is 1. The minimum atomic E-state index is -0.518. The van der Waals surface area contributed by atoms with Gasteiger partial charge in [-0.15, -0.1) is 11.8 Å². The number of nitrogens with one attached hydrogen (secondary N) is 1. The Morgan fingerprint density at radius 2 is 2.05 bits per heavy atom. The number of hydrogen-bond acceptors (Lipinski definition) is 3. The van der Waals surface area contributed by atoms with Crippen LogP contribution >= 0.6 is 23.4 Å². The number of carbonyl (C=O) groups is 1. The van der Waals surface area contributed by atoms with Crippen molar-refractivity contribution in [3.63, 3.8) is 0 Å². The van der Waals surface area contributed by atoms with Gasteiger partial charge < -0.3 is 11.1 Å². The van der Waals surface area contributed by atoms with Crippen molar-refractivity contribution < 1.29 is 9.18 Å². The standard InChI is InChI=1S/C14H12ClFN2OS/c15-10-7-9(5-6-11(10)16)18-14(19)8-20-13-4-2-1-3-12(13)17/h1-7H,8,17H2,(H,18,19). The number of nitrogen functional groups attached to an aromatic ring is 1. The van der Waals surface area contributed by atoms with Crippen LogP contribution < -0.4 is 11.1 Å². The van der Waals surface area contributed by atoms with Crippen LogP contribution in [-0.4, -0.2) is 11.7 Å². The summed E-state index contributed by atoms with van der Waals surface area (Å²) < 4.78 is 13.0. The minimum Gasteiger partial charge on any atom is -0.398 e. The van der Waals surface area contributed by atoms with Gasteiger partial charge in [0, 0.05) is 16.3 Å². The van der Waals surface area contributed by atoms with Crippen LogP contribution in [-0.2, 0) is 4.79 Å². The molecule has 0 saturated carbocycles. The first kappa shape index (κ1) is 14.7. The Kier molecular flexibility index (Phi) is 4.87. The van der Waals surface area contributed by atoms with E-state index in [1.54, 1.807) is 6.07 Å². The molecule has 0 heterocycles. The van der Waals surface area contributed by atoms with E-state index in [-0.39, 0.29) is 16.7 Å². The third-order valence-electron chi connectivity index (χ3n) is 2.48.